The average Bonchev–Trinajstić information content (AvgIpc) is 2.54. The van der Waals surface area contributed by atoms with Crippen LogP contribution in [0.2, 0.25) is 0 Å². The van der Waals surface area contributed by atoms with Crippen LogP contribution in [0.5, 0.6) is 5.75 Å². The molecule has 1 aliphatic rings. The first-order valence-electron chi connectivity index (χ1n) is 10.9. The zero-order chi connectivity index (χ0) is 21.4. The fourth-order valence-corrected chi connectivity index (χ4v) is 2.88. The average molecular weight is 285 g/mol. The van der Waals surface area contributed by atoms with E-state index in [1.807, 2.05) is 0 Å². The van der Waals surface area contributed by atoms with E-state index in [9.17, 15) is 5.11 Å². The number of aliphatic hydroxyl groups is 1. The fraction of sp³-hybridized carbons (Fsp3) is 0.647. The van der Waals surface area contributed by atoms with Crippen molar-refractivity contribution < 1.29 is 20.8 Å². The summed E-state index contributed by atoms with van der Waals surface area (Å²) in [6, 6.07) is 5.77. The first kappa shape index (κ1) is 7.81. The summed E-state index contributed by atoms with van der Waals surface area (Å²) in [6.45, 7) is -5.05. The first-order valence-corrected chi connectivity index (χ1v) is 6.92. The molecule has 0 bridgehead atoms. The molecule has 0 saturated heterocycles. The van der Waals surface area contributed by atoms with Gasteiger partial charge in [0.05, 0.1) is 16.8 Å². The van der Waals surface area contributed by atoms with Crippen LogP contribution in [0.3, 0.4) is 0 Å². The third-order valence-electron chi connectivity index (χ3n) is 3.91. The minimum atomic E-state index is -2.68. The summed E-state index contributed by atoms with van der Waals surface area (Å²) in [5, 5.41) is 11.3. The van der Waals surface area contributed by atoms with E-state index in [-0.39, 0.29) is 5.75 Å². The standard InChI is InChI=1S/C17H27NO2/c1-18(2)13-16(17(19)11-5-4-6-12-17)14-7-9-15(20-3)10-8-14/h7-10,16,19H,4-6,11-13H2,1-3H3/t16-/m1/s1/i1D3,3D3,13D2. The number of nitrogens with zero attached hydrogens (tertiary/aromatic N) is 1. The Hall–Kier alpha value is -1.06. The number of hydrogen-bond donors (Lipinski definition) is 1. The summed E-state index contributed by atoms with van der Waals surface area (Å²) in [5.74, 6) is -1.05. The third kappa shape index (κ3) is 3.53. The molecule has 0 amide bonds. The molecule has 0 radical (unpaired) electrons. The predicted octanol–water partition coefficient (Wildman–Crippen LogP) is 3.04. The lowest BCUT2D eigenvalue weighted by molar-refractivity contribution is -0.0277. The molecule has 1 atom stereocenters. The van der Waals surface area contributed by atoms with Crippen LogP contribution in [-0.2, 0) is 0 Å². The molecule has 1 saturated carbocycles. The molecule has 1 aromatic carbocycles. The Morgan fingerprint density at radius 2 is 2.05 bits per heavy atom. The maximum Gasteiger partial charge on any atom is 0.118 e. The van der Waals surface area contributed by atoms with Crippen molar-refractivity contribution >= 4 is 0 Å². The number of ether oxygens (including phenoxy) is 1. The maximum atomic E-state index is 11.3. The van der Waals surface area contributed by atoms with Gasteiger partial charge in [0.15, 0.2) is 0 Å². The summed E-state index contributed by atoms with van der Waals surface area (Å²) in [7, 11) is -1.43. The Morgan fingerprint density at radius 3 is 2.65 bits per heavy atom. The lowest BCUT2D eigenvalue weighted by atomic mass is 9.72. The number of benzene rings is 1. The summed E-state index contributed by atoms with van der Waals surface area (Å²) >= 11 is 0. The number of rotatable bonds is 5. The number of hydrogen-bond acceptors (Lipinski definition) is 3. The largest absolute Gasteiger partial charge is 0.497 e. The molecule has 0 unspecified atom stereocenters. The molecule has 0 heterocycles. The normalized spacial score (nSPS) is 27.8. The van der Waals surface area contributed by atoms with Crippen molar-refractivity contribution in [2.45, 2.75) is 43.6 Å². The second kappa shape index (κ2) is 6.59. The van der Waals surface area contributed by atoms with Gasteiger partial charge in [0.1, 0.15) is 5.75 Å². The van der Waals surface area contributed by atoms with Gasteiger partial charge in [-0.05, 0) is 44.6 Å². The van der Waals surface area contributed by atoms with Crippen molar-refractivity contribution in [2.24, 2.45) is 0 Å². The minimum absolute atomic E-state index is 0.0860. The van der Waals surface area contributed by atoms with E-state index in [4.69, 9.17) is 15.7 Å². The molecule has 3 heteroatoms. The molecular weight excluding hydrogens is 250 g/mol. The van der Waals surface area contributed by atoms with Gasteiger partial charge in [-0.1, -0.05) is 31.4 Å². The summed E-state index contributed by atoms with van der Waals surface area (Å²) in [6.07, 6.45) is 3.10. The van der Waals surface area contributed by atoms with Crippen LogP contribution in [-0.4, -0.2) is 43.2 Å². The molecule has 1 aliphatic carbocycles. The van der Waals surface area contributed by atoms with Gasteiger partial charge in [-0.25, -0.2) is 0 Å². The minimum Gasteiger partial charge on any atom is -0.497 e. The van der Waals surface area contributed by atoms with Gasteiger partial charge in [-0.15, -0.1) is 0 Å². The molecule has 20 heavy (non-hydrogen) atoms. The molecule has 1 fully saturated rings. The summed E-state index contributed by atoms with van der Waals surface area (Å²) < 4.78 is 66.4. The van der Waals surface area contributed by atoms with Gasteiger partial charge in [-0.2, -0.15) is 0 Å². The van der Waals surface area contributed by atoms with E-state index in [0.717, 1.165) is 19.3 Å². The van der Waals surface area contributed by atoms with Crippen molar-refractivity contribution in [3.63, 3.8) is 0 Å². The first-order chi connectivity index (χ1) is 12.7. The third-order valence-corrected chi connectivity index (χ3v) is 3.91. The molecule has 1 N–H and O–H groups in total. The van der Waals surface area contributed by atoms with E-state index in [2.05, 4.69) is 0 Å². The lowest BCUT2D eigenvalue weighted by Crippen LogP contribution is -2.42. The van der Waals surface area contributed by atoms with E-state index in [1.165, 1.54) is 31.3 Å². The van der Waals surface area contributed by atoms with Crippen LogP contribution >= 0.6 is 0 Å². The smallest absolute Gasteiger partial charge is 0.118 e. The Morgan fingerprint density at radius 1 is 1.35 bits per heavy atom. The zero-order valence-corrected chi connectivity index (χ0v) is 11.7. The quantitative estimate of drug-likeness (QED) is 0.902. The highest BCUT2D eigenvalue weighted by atomic mass is 16.5. The van der Waals surface area contributed by atoms with E-state index >= 15 is 0 Å². The predicted molar refractivity (Wildman–Crippen MR) is 82.3 cm³/mol. The van der Waals surface area contributed by atoms with Crippen LogP contribution in [0, 0.1) is 0 Å². The van der Waals surface area contributed by atoms with Crippen molar-refractivity contribution in [2.75, 3.05) is 27.6 Å². The topological polar surface area (TPSA) is 32.7 Å². The van der Waals surface area contributed by atoms with Crippen LogP contribution < -0.4 is 4.74 Å². The van der Waals surface area contributed by atoms with Crippen molar-refractivity contribution in [3.05, 3.63) is 29.8 Å². The molecule has 0 aliphatic heterocycles. The van der Waals surface area contributed by atoms with Gasteiger partial charge < -0.3 is 14.7 Å². The molecule has 0 spiro atoms. The molecule has 0 aromatic heterocycles. The highest BCUT2D eigenvalue weighted by molar-refractivity contribution is 5.31. The van der Waals surface area contributed by atoms with Crippen molar-refractivity contribution in [1.82, 2.24) is 4.90 Å². The Labute approximate surface area is 133 Å². The molecule has 112 valence electrons. The van der Waals surface area contributed by atoms with Crippen LogP contribution in [0.25, 0.3) is 0 Å². The monoisotopic (exact) mass is 285 g/mol. The summed E-state index contributed by atoms with van der Waals surface area (Å²) in [5.41, 5.74) is -1.02. The van der Waals surface area contributed by atoms with Crippen LogP contribution in [0.15, 0.2) is 24.3 Å². The van der Waals surface area contributed by atoms with E-state index < -0.39 is 32.0 Å². The van der Waals surface area contributed by atoms with Gasteiger partial charge in [-0.3, -0.25) is 0 Å². The van der Waals surface area contributed by atoms with E-state index in [1.54, 1.807) is 0 Å². The zero-order valence-electron chi connectivity index (χ0n) is 19.7. The number of methoxy groups -OCH3 is 1. The highest BCUT2D eigenvalue weighted by Gasteiger charge is 2.38. The van der Waals surface area contributed by atoms with Crippen LogP contribution in [0.1, 0.15) is 54.6 Å². The van der Waals surface area contributed by atoms with Gasteiger partial charge in [0.25, 0.3) is 0 Å². The maximum absolute atomic E-state index is 11.3. The van der Waals surface area contributed by atoms with Gasteiger partial charge in [0.2, 0.25) is 0 Å². The van der Waals surface area contributed by atoms with Crippen molar-refractivity contribution in [3.8, 4) is 5.75 Å². The Kier molecular flexibility index (Phi) is 2.57. The molecule has 1 aromatic rings. The van der Waals surface area contributed by atoms with E-state index in [0.29, 0.717) is 23.3 Å². The summed E-state index contributed by atoms with van der Waals surface area (Å²) in [4.78, 5) is 0.671. The fourth-order valence-electron chi connectivity index (χ4n) is 2.88. The Balaban J connectivity index is 2.47. The van der Waals surface area contributed by atoms with Crippen LogP contribution in [0.4, 0.5) is 0 Å². The Bertz CT molecular complexity index is 651. The van der Waals surface area contributed by atoms with Gasteiger partial charge in [0, 0.05) is 19.3 Å². The second-order valence-corrected chi connectivity index (χ2v) is 5.46. The SMILES string of the molecule is [2H]C([2H])([2H])Oc1ccc([C@H](C2(O)CCCCC2)C([2H])([2H])N(C)C([2H])([2H])[2H])cc1. The number of likely N-dealkylation sites (N-methyl/N-ethyl adjacent to an activating group) is 1. The molecular formula is C17H27NO2. The highest BCUT2D eigenvalue weighted by Crippen LogP contribution is 2.40. The second-order valence-electron chi connectivity index (χ2n) is 5.46. The van der Waals surface area contributed by atoms with Crippen molar-refractivity contribution in [1.29, 1.82) is 0 Å². The van der Waals surface area contributed by atoms with Gasteiger partial charge >= 0.3 is 0 Å². The lowest BCUT2D eigenvalue weighted by Gasteiger charge is -2.40. The molecule has 2 rings (SSSR count). The molecule has 3 nitrogen and oxygen atoms in total.